The van der Waals surface area contributed by atoms with Crippen molar-refractivity contribution in [3.05, 3.63) is 11.4 Å². The van der Waals surface area contributed by atoms with E-state index >= 15 is 0 Å². The highest BCUT2D eigenvalue weighted by atomic mass is 32.2. The third kappa shape index (κ3) is 0.908. The Labute approximate surface area is 40.2 Å². The second kappa shape index (κ2) is 0.988. The van der Waals surface area contributed by atoms with E-state index in [1.165, 1.54) is 0 Å². The zero-order valence-electron chi connectivity index (χ0n) is 3.16. The van der Waals surface area contributed by atoms with Crippen LogP contribution in [-0.2, 0) is 14.9 Å². The molecule has 0 atom stereocenters. The normalized spacial score (nSPS) is 17.6. The molecule has 0 aromatic heterocycles. The molecule has 1 heterocycles. The second-order valence-electron chi connectivity index (χ2n) is 1.03. The van der Waals surface area contributed by atoms with Gasteiger partial charge in [-0.3, -0.25) is 4.55 Å². The quantitative estimate of drug-likeness (QED) is 0.485. The van der Waals surface area contributed by atoms with E-state index in [-0.39, 0.29) is 5.09 Å². The third-order valence-corrected chi connectivity index (χ3v) is 1.17. The molecule has 0 amide bonds. The van der Waals surface area contributed by atoms with Gasteiger partial charge in [-0.1, -0.05) is 0 Å². The molecule has 0 aliphatic carbocycles. The van der Waals surface area contributed by atoms with E-state index in [0.29, 0.717) is 0 Å². The predicted octanol–water partition coefficient (Wildman–Crippen LogP) is -0.297. The number of hydrogen-bond acceptors (Lipinski definition) is 3. The standard InChI is InChI=1S/C2H2O4S/c3-7(4,5)2-1-6-2/h1H,(H,3,4,5). The van der Waals surface area contributed by atoms with E-state index in [9.17, 15) is 8.42 Å². The summed E-state index contributed by atoms with van der Waals surface area (Å²) in [6.07, 6.45) is 0.954. The van der Waals surface area contributed by atoms with Crippen LogP contribution in [0, 0.1) is 0 Å². The molecule has 7 heavy (non-hydrogen) atoms. The Morgan fingerprint density at radius 3 is 2.14 bits per heavy atom. The summed E-state index contributed by atoms with van der Waals surface area (Å²) in [7, 11) is -3.99. The third-order valence-electron chi connectivity index (χ3n) is 0.468. The Hall–Kier alpha value is -0.550. The lowest BCUT2D eigenvalue weighted by atomic mass is 11.3. The maximum Gasteiger partial charge on any atom is 0.331 e. The summed E-state index contributed by atoms with van der Waals surface area (Å²) in [5.41, 5.74) is 0. The van der Waals surface area contributed by atoms with Crippen molar-refractivity contribution in [2.75, 3.05) is 0 Å². The van der Waals surface area contributed by atoms with Crippen LogP contribution >= 0.6 is 0 Å². The SMILES string of the molecule is O=S(=O)(O)C1=CO1. The zero-order chi connectivity index (χ0) is 5.49. The molecule has 0 spiro atoms. The van der Waals surface area contributed by atoms with Crippen LogP contribution in [0.25, 0.3) is 0 Å². The first-order chi connectivity index (χ1) is 3.11. The van der Waals surface area contributed by atoms with Gasteiger partial charge < -0.3 is 4.74 Å². The van der Waals surface area contributed by atoms with Gasteiger partial charge in [0.2, 0.25) is 0 Å². The summed E-state index contributed by atoms with van der Waals surface area (Å²) >= 11 is 0. The molecule has 1 aliphatic rings. The minimum atomic E-state index is -3.99. The fraction of sp³-hybridized carbons (Fsp3) is 0. The summed E-state index contributed by atoms with van der Waals surface area (Å²) in [4.78, 5) is 0. The van der Waals surface area contributed by atoms with E-state index in [1.807, 2.05) is 0 Å². The summed E-state index contributed by atoms with van der Waals surface area (Å²) in [5, 5.41) is -0.354. The van der Waals surface area contributed by atoms with Crippen LogP contribution in [0.5, 0.6) is 0 Å². The second-order valence-corrected chi connectivity index (χ2v) is 2.38. The van der Waals surface area contributed by atoms with E-state index in [1.54, 1.807) is 0 Å². The van der Waals surface area contributed by atoms with E-state index in [2.05, 4.69) is 4.74 Å². The summed E-state index contributed by atoms with van der Waals surface area (Å²) in [5.74, 6) is 0. The van der Waals surface area contributed by atoms with Gasteiger partial charge in [0.25, 0.3) is 5.09 Å². The van der Waals surface area contributed by atoms with Crippen molar-refractivity contribution in [1.82, 2.24) is 0 Å². The van der Waals surface area contributed by atoms with Crippen LogP contribution in [0.15, 0.2) is 11.4 Å². The van der Waals surface area contributed by atoms with E-state index in [4.69, 9.17) is 4.55 Å². The lowest BCUT2D eigenvalue weighted by Crippen LogP contribution is -1.91. The Balaban J connectivity index is 2.93. The molecule has 0 unspecified atom stereocenters. The van der Waals surface area contributed by atoms with Crippen LogP contribution in [0.4, 0.5) is 0 Å². The maximum absolute atomic E-state index is 9.76. The number of ether oxygens (including phenoxy) is 1. The van der Waals surface area contributed by atoms with Gasteiger partial charge >= 0.3 is 10.1 Å². The average molecular weight is 122 g/mol. The molecule has 0 saturated carbocycles. The molecule has 4 nitrogen and oxygen atoms in total. The summed E-state index contributed by atoms with van der Waals surface area (Å²) < 4.78 is 31.5. The van der Waals surface area contributed by atoms with E-state index in [0.717, 1.165) is 6.26 Å². The van der Waals surface area contributed by atoms with Crippen LogP contribution in [-0.4, -0.2) is 13.0 Å². The summed E-state index contributed by atoms with van der Waals surface area (Å²) in [6.45, 7) is 0. The van der Waals surface area contributed by atoms with Crippen LogP contribution < -0.4 is 0 Å². The van der Waals surface area contributed by atoms with Crippen molar-refractivity contribution in [2.45, 2.75) is 0 Å². The molecule has 1 N–H and O–H groups in total. The molecular weight excluding hydrogens is 120 g/mol. The first-order valence-corrected chi connectivity index (χ1v) is 2.89. The summed E-state index contributed by atoms with van der Waals surface area (Å²) in [6, 6.07) is 0. The van der Waals surface area contributed by atoms with Gasteiger partial charge in [-0.2, -0.15) is 8.42 Å². The molecule has 0 aromatic rings. The Kier molecular flexibility index (Phi) is 0.650. The number of rotatable bonds is 1. The highest BCUT2D eigenvalue weighted by Crippen LogP contribution is 2.18. The lowest BCUT2D eigenvalue weighted by molar-refractivity contribution is 0.457. The Morgan fingerprint density at radius 1 is 1.71 bits per heavy atom. The predicted molar refractivity (Wildman–Crippen MR) is 20.7 cm³/mol. The average Bonchev–Trinajstić information content (AvgIpc) is 1.99. The molecule has 0 radical (unpaired) electrons. The van der Waals surface area contributed by atoms with Crippen LogP contribution in [0.2, 0.25) is 0 Å². The lowest BCUT2D eigenvalue weighted by Gasteiger charge is -1.76. The Morgan fingerprint density at radius 2 is 2.14 bits per heavy atom. The monoisotopic (exact) mass is 122 g/mol. The topological polar surface area (TPSA) is 66.9 Å². The molecule has 0 aromatic carbocycles. The maximum atomic E-state index is 9.76. The van der Waals surface area contributed by atoms with Crippen molar-refractivity contribution >= 4 is 10.1 Å². The van der Waals surface area contributed by atoms with Crippen molar-refractivity contribution < 1.29 is 17.7 Å². The van der Waals surface area contributed by atoms with Crippen molar-refractivity contribution in [1.29, 1.82) is 0 Å². The smallest absolute Gasteiger partial charge is 0.331 e. The fourth-order valence-corrected chi connectivity index (χ4v) is 0.437. The highest BCUT2D eigenvalue weighted by Gasteiger charge is 2.24. The van der Waals surface area contributed by atoms with Gasteiger partial charge in [0.05, 0.1) is 0 Å². The van der Waals surface area contributed by atoms with Gasteiger partial charge in [0.15, 0.2) is 0 Å². The van der Waals surface area contributed by atoms with Gasteiger partial charge in [-0.05, 0) is 0 Å². The van der Waals surface area contributed by atoms with E-state index < -0.39 is 10.1 Å². The zero-order valence-corrected chi connectivity index (χ0v) is 3.97. The molecule has 0 fully saturated rings. The Bertz CT molecular complexity index is 198. The number of hydrogen-bond donors (Lipinski definition) is 1. The molecule has 0 bridgehead atoms. The highest BCUT2D eigenvalue weighted by molar-refractivity contribution is 7.89. The molecule has 5 heteroatoms. The van der Waals surface area contributed by atoms with Crippen molar-refractivity contribution in [3.63, 3.8) is 0 Å². The minimum Gasteiger partial charge on any atom is -0.444 e. The van der Waals surface area contributed by atoms with Crippen molar-refractivity contribution in [3.8, 4) is 0 Å². The molecule has 1 rings (SSSR count). The molecule has 1 aliphatic heterocycles. The van der Waals surface area contributed by atoms with Gasteiger partial charge in [0.1, 0.15) is 6.26 Å². The largest absolute Gasteiger partial charge is 0.444 e. The molecule has 40 valence electrons. The minimum absolute atomic E-state index is 0.354. The van der Waals surface area contributed by atoms with Gasteiger partial charge in [0, 0.05) is 0 Å². The fourth-order valence-electron chi connectivity index (χ4n) is 0.146. The molecule has 0 saturated heterocycles. The van der Waals surface area contributed by atoms with Crippen molar-refractivity contribution in [2.24, 2.45) is 0 Å². The molecular formula is C2H2O4S. The first kappa shape index (κ1) is 4.61. The van der Waals surface area contributed by atoms with Crippen LogP contribution in [0.1, 0.15) is 0 Å². The van der Waals surface area contributed by atoms with Gasteiger partial charge in [-0.15, -0.1) is 0 Å². The van der Waals surface area contributed by atoms with Gasteiger partial charge in [-0.25, -0.2) is 0 Å². The first-order valence-electron chi connectivity index (χ1n) is 1.45. The van der Waals surface area contributed by atoms with Crippen LogP contribution in [0.3, 0.4) is 0 Å².